The lowest BCUT2D eigenvalue weighted by atomic mass is 9.98. The highest BCUT2D eigenvalue weighted by Gasteiger charge is 2.13. The molecule has 0 bridgehead atoms. The fourth-order valence-corrected chi connectivity index (χ4v) is 2.99. The van der Waals surface area contributed by atoms with Crippen LogP contribution in [0.15, 0.2) is 40.9 Å². The third-order valence-electron chi connectivity index (χ3n) is 3.27. The molecule has 1 unspecified atom stereocenters. The van der Waals surface area contributed by atoms with E-state index in [0.717, 1.165) is 27.0 Å². The second-order valence-corrected chi connectivity index (χ2v) is 6.08. The van der Waals surface area contributed by atoms with Crippen LogP contribution >= 0.6 is 27.5 Å². The van der Waals surface area contributed by atoms with Gasteiger partial charge in [-0.15, -0.1) is 0 Å². The SMILES string of the molecule is Cc1ccc(CC(N)c2cccc(C)c2Br)c(Cl)c1. The van der Waals surface area contributed by atoms with Crippen molar-refractivity contribution < 1.29 is 0 Å². The van der Waals surface area contributed by atoms with Gasteiger partial charge in [0.15, 0.2) is 0 Å². The molecule has 1 nitrogen and oxygen atoms in total. The summed E-state index contributed by atoms with van der Waals surface area (Å²) < 4.78 is 1.09. The number of hydrogen-bond donors (Lipinski definition) is 1. The minimum Gasteiger partial charge on any atom is -0.324 e. The molecule has 2 N–H and O–H groups in total. The fraction of sp³-hybridized carbons (Fsp3) is 0.250. The lowest BCUT2D eigenvalue weighted by molar-refractivity contribution is 0.717. The molecule has 0 aromatic heterocycles. The van der Waals surface area contributed by atoms with E-state index in [4.69, 9.17) is 17.3 Å². The largest absolute Gasteiger partial charge is 0.324 e. The van der Waals surface area contributed by atoms with Crippen molar-refractivity contribution >= 4 is 27.5 Å². The molecule has 19 heavy (non-hydrogen) atoms. The summed E-state index contributed by atoms with van der Waals surface area (Å²) >= 11 is 9.88. The lowest BCUT2D eigenvalue weighted by Crippen LogP contribution is -2.14. The number of nitrogens with two attached hydrogens (primary N) is 1. The number of hydrogen-bond acceptors (Lipinski definition) is 1. The average molecular weight is 339 g/mol. The van der Waals surface area contributed by atoms with Gasteiger partial charge in [0.2, 0.25) is 0 Å². The number of benzene rings is 2. The number of halogens is 2. The van der Waals surface area contributed by atoms with E-state index >= 15 is 0 Å². The summed E-state index contributed by atoms with van der Waals surface area (Å²) in [5.41, 5.74) is 10.9. The van der Waals surface area contributed by atoms with Crippen LogP contribution in [-0.2, 0) is 6.42 Å². The molecule has 0 saturated heterocycles. The van der Waals surface area contributed by atoms with E-state index in [9.17, 15) is 0 Å². The van der Waals surface area contributed by atoms with Crippen LogP contribution in [0.25, 0.3) is 0 Å². The van der Waals surface area contributed by atoms with Crippen molar-refractivity contribution in [1.82, 2.24) is 0 Å². The predicted molar refractivity (Wildman–Crippen MR) is 85.7 cm³/mol. The van der Waals surface area contributed by atoms with Crippen LogP contribution in [0, 0.1) is 13.8 Å². The smallest absolute Gasteiger partial charge is 0.0441 e. The van der Waals surface area contributed by atoms with Crippen molar-refractivity contribution in [3.63, 3.8) is 0 Å². The fourth-order valence-electron chi connectivity index (χ4n) is 2.12. The van der Waals surface area contributed by atoms with E-state index in [-0.39, 0.29) is 6.04 Å². The van der Waals surface area contributed by atoms with Gasteiger partial charge in [-0.1, -0.05) is 57.9 Å². The van der Waals surface area contributed by atoms with Gasteiger partial charge in [0.25, 0.3) is 0 Å². The molecule has 0 saturated carbocycles. The molecule has 2 rings (SSSR count). The van der Waals surface area contributed by atoms with E-state index in [1.165, 1.54) is 11.1 Å². The lowest BCUT2D eigenvalue weighted by Gasteiger charge is -2.16. The highest BCUT2D eigenvalue weighted by molar-refractivity contribution is 9.10. The van der Waals surface area contributed by atoms with Crippen molar-refractivity contribution in [1.29, 1.82) is 0 Å². The first kappa shape index (κ1) is 14.6. The van der Waals surface area contributed by atoms with Crippen LogP contribution in [0.2, 0.25) is 5.02 Å². The zero-order valence-electron chi connectivity index (χ0n) is 11.1. The van der Waals surface area contributed by atoms with Gasteiger partial charge in [0.05, 0.1) is 0 Å². The van der Waals surface area contributed by atoms with Gasteiger partial charge >= 0.3 is 0 Å². The van der Waals surface area contributed by atoms with Gasteiger partial charge in [-0.05, 0) is 48.6 Å². The highest BCUT2D eigenvalue weighted by atomic mass is 79.9. The number of aryl methyl sites for hydroxylation is 2. The Hall–Kier alpha value is -0.830. The van der Waals surface area contributed by atoms with Crippen LogP contribution in [0.5, 0.6) is 0 Å². The number of rotatable bonds is 3. The normalized spacial score (nSPS) is 12.5. The van der Waals surface area contributed by atoms with Crippen LogP contribution in [-0.4, -0.2) is 0 Å². The Morgan fingerprint density at radius 3 is 2.63 bits per heavy atom. The first-order chi connectivity index (χ1) is 8.99. The molecule has 0 radical (unpaired) electrons. The van der Waals surface area contributed by atoms with Crippen molar-refractivity contribution in [2.45, 2.75) is 26.3 Å². The first-order valence-corrected chi connectivity index (χ1v) is 7.41. The van der Waals surface area contributed by atoms with Crippen molar-refractivity contribution in [3.8, 4) is 0 Å². The zero-order valence-corrected chi connectivity index (χ0v) is 13.4. The van der Waals surface area contributed by atoms with Crippen molar-refractivity contribution in [3.05, 3.63) is 68.1 Å². The molecular formula is C16H17BrClN. The van der Waals surface area contributed by atoms with E-state index in [1.54, 1.807) is 0 Å². The molecular weight excluding hydrogens is 322 g/mol. The van der Waals surface area contributed by atoms with E-state index in [0.29, 0.717) is 0 Å². The maximum atomic E-state index is 6.32. The predicted octanol–water partition coefficient (Wildman–Crippen LogP) is 4.96. The Bertz CT molecular complexity index is 595. The van der Waals surface area contributed by atoms with Gasteiger partial charge in [0.1, 0.15) is 0 Å². The molecule has 0 amide bonds. The first-order valence-electron chi connectivity index (χ1n) is 6.24. The van der Waals surface area contributed by atoms with Crippen molar-refractivity contribution in [2.75, 3.05) is 0 Å². The maximum Gasteiger partial charge on any atom is 0.0441 e. The second kappa shape index (κ2) is 6.08. The van der Waals surface area contributed by atoms with E-state index in [1.807, 2.05) is 19.1 Å². The Balaban J connectivity index is 2.25. The molecule has 0 aliphatic heterocycles. The van der Waals surface area contributed by atoms with Crippen molar-refractivity contribution in [2.24, 2.45) is 5.73 Å². The molecule has 0 aliphatic carbocycles. The minimum atomic E-state index is -0.0607. The maximum absolute atomic E-state index is 6.32. The van der Waals surface area contributed by atoms with E-state index < -0.39 is 0 Å². The summed E-state index contributed by atoms with van der Waals surface area (Å²) in [5.74, 6) is 0. The Morgan fingerprint density at radius 2 is 1.95 bits per heavy atom. The monoisotopic (exact) mass is 337 g/mol. The van der Waals surface area contributed by atoms with Gasteiger partial charge in [0, 0.05) is 15.5 Å². The van der Waals surface area contributed by atoms with E-state index in [2.05, 4.69) is 47.1 Å². The summed E-state index contributed by atoms with van der Waals surface area (Å²) in [6.45, 7) is 4.10. The third kappa shape index (κ3) is 3.38. The second-order valence-electron chi connectivity index (χ2n) is 4.88. The van der Waals surface area contributed by atoms with Crippen LogP contribution in [0.3, 0.4) is 0 Å². The quantitative estimate of drug-likeness (QED) is 0.841. The van der Waals surface area contributed by atoms with Crippen LogP contribution in [0.4, 0.5) is 0 Å². The van der Waals surface area contributed by atoms with Gasteiger partial charge in [-0.25, -0.2) is 0 Å². The molecule has 3 heteroatoms. The molecule has 0 fully saturated rings. The molecule has 0 aliphatic rings. The third-order valence-corrected chi connectivity index (χ3v) is 4.70. The topological polar surface area (TPSA) is 26.0 Å². The van der Waals surface area contributed by atoms with Crippen LogP contribution in [0.1, 0.15) is 28.3 Å². The molecule has 0 spiro atoms. The molecule has 0 heterocycles. The van der Waals surface area contributed by atoms with Crippen LogP contribution < -0.4 is 5.73 Å². The minimum absolute atomic E-state index is 0.0607. The van der Waals surface area contributed by atoms with Gasteiger partial charge in [-0.3, -0.25) is 0 Å². The molecule has 100 valence electrons. The molecule has 2 aromatic carbocycles. The Kier molecular flexibility index (Phi) is 4.67. The highest BCUT2D eigenvalue weighted by Crippen LogP contribution is 2.29. The Morgan fingerprint density at radius 1 is 1.21 bits per heavy atom. The molecule has 2 aromatic rings. The summed E-state index contributed by atoms with van der Waals surface area (Å²) in [5, 5.41) is 0.791. The Labute approximate surface area is 127 Å². The summed E-state index contributed by atoms with van der Waals surface area (Å²) in [4.78, 5) is 0. The standard InChI is InChI=1S/C16H17BrClN/c1-10-6-7-12(14(18)8-10)9-15(19)13-5-3-4-11(2)16(13)17/h3-8,15H,9,19H2,1-2H3. The van der Waals surface area contributed by atoms with Gasteiger partial charge in [-0.2, -0.15) is 0 Å². The molecule has 1 atom stereocenters. The summed E-state index contributed by atoms with van der Waals surface area (Å²) in [6.07, 6.45) is 0.737. The summed E-state index contributed by atoms with van der Waals surface area (Å²) in [6, 6.07) is 12.2. The zero-order chi connectivity index (χ0) is 14.0. The average Bonchev–Trinajstić information content (AvgIpc) is 2.36. The van der Waals surface area contributed by atoms with Gasteiger partial charge < -0.3 is 5.73 Å². The summed E-state index contributed by atoms with van der Waals surface area (Å²) in [7, 11) is 0.